The molecule has 1 rings (SSSR count). The van der Waals surface area contributed by atoms with E-state index in [-0.39, 0.29) is 6.09 Å². The average molecular weight is 286 g/mol. The fraction of sp³-hybridized carbons (Fsp3) is 0.933. The molecule has 0 radical (unpaired) electrons. The third kappa shape index (κ3) is 7.10. The monoisotopic (exact) mass is 286 g/mol. The molecule has 0 aromatic rings. The fourth-order valence-electron chi connectivity index (χ4n) is 1.94. The topological polar surface area (TPSA) is 50.8 Å². The number of carbonyl (C=O) groups excluding carboxylic acids is 1. The number of likely N-dealkylation sites (tertiary alicyclic amines) is 1. The molecule has 5 nitrogen and oxygen atoms in total. The first-order valence-electron chi connectivity index (χ1n) is 7.54. The van der Waals surface area contributed by atoms with Crippen LogP contribution >= 0.6 is 0 Å². The van der Waals surface area contributed by atoms with Crippen LogP contribution in [0.15, 0.2) is 0 Å². The summed E-state index contributed by atoms with van der Waals surface area (Å²) in [4.78, 5) is 13.5. The lowest BCUT2D eigenvalue weighted by Crippen LogP contribution is -2.53. The maximum Gasteiger partial charge on any atom is 0.410 e. The Morgan fingerprint density at radius 2 is 2.00 bits per heavy atom. The number of nitrogens with zero attached hydrogens (tertiary/aromatic N) is 1. The predicted molar refractivity (Wildman–Crippen MR) is 79.8 cm³/mol. The molecule has 0 aromatic heterocycles. The molecule has 1 saturated heterocycles. The summed E-state index contributed by atoms with van der Waals surface area (Å²) in [5, 5.41) is 3.34. The average Bonchev–Trinajstić information content (AvgIpc) is 2.21. The molecule has 0 saturated carbocycles. The van der Waals surface area contributed by atoms with Crippen molar-refractivity contribution < 1.29 is 14.3 Å². The van der Waals surface area contributed by atoms with E-state index in [1.165, 1.54) is 0 Å². The second kappa shape index (κ2) is 7.84. The molecule has 20 heavy (non-hydrogen) atoms. The van der Waals surface area contributed by atoms with Gasteiger partial charge in [-0.05, 0) is 33.2 Å². The molecule has 0 aromatic carbocycles. The number of carbonyl (C=O) groups is 1. The SMILES string of the molecule is CC(C)CNCCOCC1CN(C(=O)OC(C)(C)C)C1. The maximum atomic E-state index is 11.7. The van der Waals surface area contributed by atoms with Crippen LogP contribution in [0.5, 0.6) is 0 Å². The van der Waals surface area contributed by atoms with Gasteiger partial charge >= 0.3 is 6.09 Å². The Balaban J connectivity index is 1.98. The first kappa shape index (κ1) is 17.2. The van der Waals surface area contributed by atoms with Crippen LogP contribution in [0.25, 0.3) is 0 Å². The van der Waals surface area contributed by atoms with Crippen molar-refractivity contribution in [2.45, 2.75) is 40.2 Å². The van der Waals surface area contributed by atoms with Crippen molar-refractivity contribution >= 4 is 6.09 Å². The van der Waals surface area contributed by atoms with Gasteiger partial charge in [0.25, 0.3) is 0 Å². The van der Waals surface area contributed by atoms with Gasteiger partial charge in [-0.1, -0.05) is 13.8 Å². The van der Waals surface area contributed by atoms with E-state index in [4.69, 9.17) is 9.47 Å². The molecule has 1 aliphatic heterocycles. The number of rotatable bonds is 7. The number of hydrogen-bond acceptors (Lipinski definition) is 4. The lowest BCUT2D eigenvalue weighted by Gasteiger charge is -2.39. The Hall–Kier alpha value is -0.810. The molecule has 0 aliphatic carbocycles. The molecule has 0 unspecified atom stereocenters. The minimum Gasteiger partial charge on any atom is -0.444 e. The zero-order valence-corrected chi connectivity index (χ0v) is 13.6. The molecule has 5 heteroatoms. The van der Waals surface area contributed by atoms with Crippen LogP contribution in [0.1, 0.15) is 34.6 Å². The lowest BCUT2D eigenvalue weighted by atomic mass is 10.0. The third-order valence-electron chi connectivity index (χ3n) is 2.94. The molecule has 1 aliphatic rings. The second-order valence-corrected chi connectivity index (χ2v) is 6.92. The highest BCUT2D eigenvalue weighted by Gasteiger charge is 2.33. The fourth-order valence-corrected chi connectivity index (χ4v) is 1.94. The van der Waals surface area contributed by atoms with Crippen LogP contribution in [-0.2, 0) is 9.47 Å². The van der Waals surface area contributed by atoms with E-state index in [0.717, 1.165) is 39.4 Å². The van der Waals surface area contributed by atoms with E-state index in [1.54, 1.807) is 4.90 Å². The Labute approximate surface area is 123 Å². The molecule has 1 fully saturated rings. The van der Waals surface area contributed by atoms with Crippen molar-refractivity contribution in [3.63, 3.8) is 0 Å². The summed E-state index contributed by atoms with van der Waals surface area (Å²) in [5.74, 6) is 1.12. The van der Waals surface area contributed by atoms with E-state index in [9.17, 15) is 4.79 Å². The van der Waals surface area contributed by atoms with Crippen LogP contribution in [-0.4, -0.2) is 56.0 Å². The summed E-state index contributed by atoms with van der Waals surface area (Å²) in [5.41, 5.74) is -0.416. The maximum absolute atomic E-state index is 11.7. The van der Waals surface area contributed by atoms with Gasteiger partial charge in [0.05, 0.1) is 13.2 Å². The van der Waals surface area contributed by atoms with Crippen LogP contribution in [0, 0.1) is 11.8 Å². The van der Waals surface area contributed by atoms with Gasteiger partial charge in [0, 0.05) is 25.6 Å². The van der Waals surface area contributed by atoms with E-state index < -0.39 is 5.60 Å². The van der Waals surface area contributed by atoms with Gasteiger partial charge in [-0.25, -0.2) is 4.79 Å². The summed E-state index contributed by atoms with van der Waals surface area (Å²) in [6, 6.07) is 0. The van der Waals surface area contributed by atoms with Crippen LogP contribution in [0.3, 0.4) is 0 Å². The number of nitrogens with one attached hydrogen (secondary N) is 1. The zero-order chi connectivity index (χ0) is 15.2. The van der Waals surface area contributed by atoms with Crippen molar-refractivity contribution in [2.24, 2.45) is 11.8 Å². The summed E-state index contributed by atoms with van der Waals surface area (Å²) in [6.07, 6.45) is -0.215. The highest BCUT2D eigenvalue weighted by Crippen LogP contribution is 2.19. The largest absolute Gasteiger partial charge is 0.444 e. The highest BCUT2D eigenvalue weighted by molar-refractivity contribution is 5.69. The number of hydrogen-bond donors (Lipinski definition) is 1. The lowest BCUT2D eigenvalue weighted by molar-refractivity contribution is -0.0198. The van der Waals surface area contributed by atoms with Gasteiger partial charge in [-0.15, -0.1) is 0 Å². The Morgan fingerprint density at radius 1 is 1.35 bits per heavy atom. The Kier molecular flexibility index (Phi) is 6.76. The van der Waals surface area contributed by atoms with Gasteiger partial charge in [-0.3, -0.25) is 0 Å². The molecular weight excluding hydrogens is 256 g/mol. The summed E-state index contributed by atoms with van der Waals surface area (Å²) >= 11 is 0. The minimum atomic E-state index is -0.416. The minimum absolute atomic E-state index is 0.215. The summed E-state index contributed by atoms with van der Waals surface area (Å²) < 4.78 is 10.9. The van der Waals surface area contributed by atoms with Gasteiger partial charge in [0.15, 0.2) is 0 Å². The van der Waals surface area contributed by atoms with Crippen LogP contribution in [0.4, 0.5) is 4.79 Å². The van der Waals surface area contributed by atoms with Crippen molar-refractivity contribution in [2.75, 3.05) is 39.4 Å². The number of amides is 1. The summed E-state index contributed by atoms with van der Waals surface area (Å²) in [7, 11) is 0. The normalized spacial score (nSPS) is 16.4. The molecular formula is C15H30N2O3. The predicted octanol–water partition coefficient (Wildman–Crippen LogP) is 2.12. The van der Waals surface area contributed by atoms with Crippen LogP contribution in [0.2, 0.25) is 0 Å². The Bertz CT molecular complexity index is 294. The van der Waals surface area contributed by atoms with Gasteiger partial charge in [0.1, 0.15) is 5.60 Å². The van der Waals surface area contributed by atoms with E-state index in [0.29, 0.717) is 11.8 Å². The van der Waals surface area contributed by atoms with E-state index in [2.05, 4.69) is 19.2 Å². The van der Waals surface area contributed by atoms with Gasteiger partial charge in [0.2, 0.25) is 0 Å². The standard InChI is InChI=1S/C15H30N2O3/c1-12(2)8-16-6-7-19-11-13-9-17(10-13)14(18)20-15(3,4)5/h12-13,16H,6-11H2,1-5H3. The van der Waals surface area contributed by atoms with Crippen molar-refractivity contribution in [1.29, 1.82) is 0 Å². The van der Waals surface area contributed by atoms with Gasteiger partial charge in [-0.2, -0.15) is 0 Å². The smallest absolute Gasteiger partial charge is 0.410 e. The van der Waals surface area contributed by atoms with Crippen LogP contribution < -0.4 is 5.32 Å². The van der Waals surface area contributed by atoms with Crippen molar-refractivity contribution in [1.82, 2.24) is 10.2 Å². The van der Waals surface area contributed by atoms with E-state index in [1.807, 2.05) is 20.8 Å². The number of ether oxygens (including phenoxy) is 2. The zero-order valence-electron chi connectivity index (χ0n) is 13.6. The highest BCUT2D eigenvalue weighted by atomic mass is 16.6. The third-order valence-corrected chi connectivity index (χ3v) is 2.94. The molecule has 1 N–H and O–H groups in total. The molecule has 1 heterocycles. The molecule has 0 spiro atoms. The molecule has 0 bridgehead atoms. The van der Waals surface area contributed by atoms with Crippen molar-refractivity contribution in [3.8, 4) is 0 Å². The first-order valence-corrected chi connectivity index (χ1v) is 7.54. The Morgan fingerprint density at radius 3 is 2.55 bits per heavy atom. The quantitative estimate of drug-likeness (QED) is 0.728. The first-order chi connectivity index (χ1) is 9.28. The molecule has 0 atom stereocenters. The molecule has 1 amide bonds. The second-order valence-electron chi connectivity index (χ2n) is 6.92. The molecule has 118 valence electrons. The van der Waals surface area contributed by atoms with Crippen molar-refractivity contribution in [3.05, 3.63) is 0 Å². The van der Waals surface area contributed by atoms with E-state index >= 15 is 0 Å². The van der Waals surface area contributed by atoms with Gasteiger partial charge < -0.3 is 19.7 Å². The summed E-state index contributed by atoms with van der Waals surface area (Å²) in [6.45, 7) is 14.9.